The summed E-state index contributed by atoms with van der Waals surface area (Å²) in [6.07, 6.45) is 0. The first-order valence-corrected chi connectivity index (χ1v) is 19.7. The highest BCUT2D eigenvalue weighted by atomic mass is 14.7. The van der Waals surface area contributed by atoms with E-state index in [1.807, 2.05) is 0 Å². The molecule has 0 unspecified atom stereocenters. The SMILES string of the molecule is c1ccc(C(c2ccccc2)=c2cc(-c3ccccc3)c3c/c(=c4\ccc5nc(=C(c6ccccc6)c6ccccc6)cc(-c6ccccc6)c5c4)ccc3n2)cc1. The van der Waals surface area contributed by atoms with Crippen LogP contribution in [0.2, 0.25) is 0 Å². The molecule has 2 aromatic heterocycles. The zero-order valence-corrected chi connectivity index (χ0v) is 31.8. The molecular weight excluding hydrogens is 701 g/mol. The molecule has 0 aliphatic rings. The lowest BCUT2D eigenvalue weighted by molar-refractivity contribution is 1.29. The van der Waals surface area contributed by atoms with Gasteiger partial charge in [0.05, 0.1) is 21.7 Å². The molecule has 0 saturated carbocycles. The van der Waals surface area contributed by atoms with Crippen molar-refractivity contribution in [3.8, 4) is 22.3 Å². The number of nitrogens with zero attached hydrogens (tertiary/aromatic N) is 2. The van der Waals surface area contributed by atoms with Gasteiger partial charge in [-0.2, -0.15) is 0 Å². The van der Waals surface area contributed by atoms with Crippen LogP contribution in [-0.2, 0) is 0 Å². The summed E-state index contributed by atoms with van der Waals surface area (Å²) in [4.78, 5) is 10.8. The van der Waals surface area contributed by atoms with Crippen molar-refractivity contribution in [3.05, 3.63) is 274 Å². The number of fused-ring (bicyclic) bond motifs is 2. The van der Waals surface area contributed by atoms with Crippen molar-refractivity contribution < 1.29 is 0 Å². The average molecular weight is 739 g/mol. The van der Waals surface area contributed by atoms with Crippen LogP contribution in [0.25, 0.3) is 55.2 Å². The lowest BCUT2D eigenvalue weighted by Gasteiger charge is -2.13. The maximum atomic E-state index is 5.38. The maximum absolute atomic E-state index is 5.38. The smallest absolute Gasteiger partial charge is 0.0727 e. The molecule has 0 spiro atoms. The Labute approximate surface area is 337 Å². The van der Waals surface area contributed by atoms with E-state index >= 15 is 0 Å². The van der Waals surface area contributed by atoms with Crippen LogP contribution in [0.3, 0.4) is 0 Å². The summed E-state index contributed by atoms with van der Waals surface area (Å²) in [5, 5.41) is 6.35. The largest absolute Gasteiger partial charge is 0.248 e. The molecule has 8 aromatic carbocycles. The van der Waals surface area contributed by atoms with Gasteiger partial charge in [0.25, 0.3) is 0 Å². The minimum absolute atomic E-state index is 0.943. The van der Waals surface area contributed by atoms with Crippen molar-refractivity contribution in [1.29, 1.82) is 0 Å². The Kier molecular flexibility index (Phi) is 9.27. The Morgan fingerprint density at radius 1 is 0.276 bits per heavy atom. The standard InChI is InChI=1S/C56H38N2/c1-7-19-39(20-8-1)47-37-53(55(41-23-11-3-12-24-41)42-25-13-4-14-26-42)57-51-33-31-45(35-49(47)51)46-32-34-52-50(36-46)48(40-21-9-2-10-22-40)38-54(58-52)56(43-27-15-5-16-28-43)44-29-17-6-18-30-44/h1-38H/b46-45+. The topological polar surface area (TPSA) is 25.8 Å². The Balaban J connectivity index is 1.26. The van der Waals surface area contributed by atoms with Gasteiger partial charge in [-0.15, -0.1) is 0 Å². The van der Waals surface area contributed by atoms with E-state index in [2.05, 4.69) is 231 Å². The summed E-state index contributed by atoms with van der Waals surface area (Å²) < 4.78 is 0. The van der Waals surface area contributed by atoms with E-state index in [-0.39, 0.29) is 0 Å². The van der Waals surface area contributed by atoms with Crippen molar-refractivity contribution in [2.75, 3.05) is 0 Å². The van der Waals surface area contributed by atoms with Crippen molar-refractivity contribution >= 4 is 33.0 Å². The van der Waals surface area contributed by atoms with Gasteiger partial charge in [0.15, 0.2) is 0 Å². The van der Waals surface area contributed by atoms with E-state index in [4.69, 9.17) is 9.97 Å². The molecule has 10 rings (SSSR count). The molecule has 0 saturated heterocycles. The average Bonchev–Trinajstić information content (AvgIpc) is 3.30. The molecule has 2 nitrogen and oxygen atoms in total. The first kappa shape index (κ1) is 34.8. The van der Waals surface area contributed by atoms with Crippen molar-refractivity contribution in [3.63, 3.8) is 0 Å². The van der Waals surface area contributed by atoms with Gasteiger partial charge in [-0.05, 0) is 91.3 Å². The van der Waals surface area contributed by atoms with Gasteiger partial charge in [0.1, 0.15) is 0 Å². The van der Waals surface area contributed by atoms with Gasteiger partial charge in [-0.1, -0.05) is 194 Å². The molecule has 0 atom stereocenters. The van der Waals surface area contributed by atoms with Gasteiger partial charge >= 0.3 is 0 Å². The lowest BCUT2D eigenvalue weighted by atomic mass is 9.94. The third-order valence-corrected chi connectivity index (χ3v) is 10.9. The van der Waals surface area contributed by atoms with Crippen molar-refractivity contribution in [2.24, 2.45) is 0 Å². The third-order valence-electron chi connectivity index (χ3n) is 10.9. The lowest BCUT2D eigenvalue weighted by Crippen LogP contribution is -2.14. The first-order chi connectivity index (χ1) is 28.8. The van der Waals surface area contributed by atoms with E-state index < -0.39 is 0 Å². The number of hydrogen-bond acceptors (Lipinski definition) is 2. The summed E-state index contributed by atoms with van der Waals surface area (Å²) in [5.41, 5.74) is 13.3. The fourth-order valence-electron chi connectivity index (χ4n) is 8.12. The van der Waals surface area contributed by atoms with E-state index in [0.29, 0.717) is 0 Å². The molecule has 0 radical (unpaired) electrons. The summed E-state index contributed by atoms with van der Waals surface area (Å²) in [5.74, 6) is 0. The van der Waals surface area contributed by atoms with Crippen LogP contribution in [0.4, 0.5) is 0 Å². The van der Waals surface area contributed by atoms with Gasteiger partial charge in [-0.3, -0.25) is 0 Å². The minimum Gasteiger partial charge on any atom is -0.248 e. The van der Waals surface area contributed by atoms with Crippen molar-refractivity contribution in [2.45, 2.75) is 0 Å². The summed E-state index contributed by atoms with van der Waals surface area (Å²) in [6, 6.07) is 81.6. The second-order valence-corrected chi connectivity index (χ2v) is 14.5. The predicted molar refractivity (Wildman–Crippen MR) is 240 cm³/mol. The van der Waals surface area contributed by atoms with E-state index in [9.17, 15) is 0 Å². The van der Waals surface area contributed by atoms with E-state index in [0.717, 1.165) is 98.6 Å². The Morgan fingerprint density at radius 3 is 0.879 bits per heavy atom. The minimum atomic E-state index is 0.943. The van der Waals surface area contributed by atoms with E-state index in [1.54, 1.807) is 0 Å². The number of rotatable bonds is 6. The molecule has 10 aromatic rings. The molecule has 0 bridgehead atoms. The van der Waals surface area contributed by atoms with Crippen LogP contribution in [0.5, 0.6) is 0 Å². The fraction of sp³-hybridized carbons (Fsp3) is 0. The fourth-order valence-corrected chi connectivity index (χ4v) is 8.12. The summed E-state index contributed by atoms with van der Waals surface area (Å²) in [7, 11) is 0. The first-order valence-electron chi connectivity index (χ1n) is 19.7. The molecule has 0 aliphatic heterocycles. The number of benzene rings is 8. The highest BCUT2D eigenvalue weighted by molar-refractivity contribution is 5.97. The molecular formula is C56H38N2. The second-order valence-electron chi connectivity index (χ2n) is 14.5. The molecule has 2 heterocycles. The molecule has 0 amide bonds. The van der Waals surface area contributed by atoms with Crippen LogP contribution in [-0.4, -0.2) is 9.97 Å². The molecule has 272 valence electrons. The Morgan fingerprint density at radius 2 is 0.569 bits per heavy atom. The molecule has 0 fully saturated rings. The highest BCUT2D eigenvalue weighted by Crippen LogP contribution is 2.31. The molecule has 2 heteroatoms. The Bertz CT molecular complexity index is 2970. The predicted octanol–water partition coefficient (Wildman–Crippen LogP) is 11.9. The quantitative estimate of drug-likeness (QED) is 0.170. The molecule has 0 N–H and O–H groups in total. The molecule has 0 aliphatic carbocycles. The van der Waals surface area contributed by atoms with Gasteiger partial charge in [0.2, 0.25) is 0 Å². The molecule has 58 heavy (non-hydrogen) atoms. The number of aromatic nitrogens is 2. The maximum Gasteiger partial charge on any atom is 0.0727 e. The van der Waals surface area contributed by atoms with Crippen molar-refractivity contribution in [1.82, 2.24) is 9.97 Å². The second kappa shape index (κ2) is 15.5. The monoisotopic (exact) mass is 738 g/mol. The summed E-state index contributed by atoms with van der Waals surface area (Å²) in [6.45, 7) is 0. The van der Waals surface area contributed by atoms with Crippen LogP contribution < -0.4 is 10.7 Å². The van der Waals surface area contributed by atoms with Crippen LogP contribution in [0.1, 0.15) is 22.3 Å². The zero-order valence-electron chi connectivity index (χ0n) is 31.8. The third kappa shape index (κ3) is 6.78. The number of pyridine rings is 2. The summed E-state index contributed by atoms with van der Waals surface area (Å²) >= 11 is 0. The van der Waals surface area contributed by atoms with Crippen LogP contribution >= 0.6 is 0 Å². The number of hydrogen-bond donors (Lipinski definition) is 0. The van der Waals surface area contributed by atoms with Gasteiger partial charge in [0, 0.05) is 21.9 Å². The zero-order chi connectivity index (χ0) is 38.7. The van der Waals surface area contributed by atoms with Gasteiger partial charge in [-0.25, -0.2) is 9.97 Å². The van der Waals surface area contributed by atoms with Gasteiger partial charge < -0.3 is 0 Å². The van der Waals surface area contributed by atoms with E-state index in [1.165, 1.54) is 0 Å². The van der Waals surface area contributed by atoms with Crippen LogP contribution in [0, 0.1) is 10.4 Å². The normalized spacial score (nSPS) is 11.7. The highest BCUT2D eigenvalue weighted by Gasteiger charge is 2.14. The van der Waals surface area contributed by atoms with Crippen LogP contribution in [0.15, 0.2) is 231 Å². The Hall–Kier alpha value is -7.68.